The van der Waals surface area contributed by atoms with Crippen LogP contribution < -0.4 is 15.1 Å². The molecule has 2 aliphatic heterocycles. The molecule has 0 bridgehead atoms. The second-order valence-electron chi connectivity index (χ2n) is 10.1. The number of benzene rings is 3. The normalized spacial score (nSPS) is 17.8. The minimum absolute atomic E-state index is 0.0877. The summed E-state index contributed by atoms with van der Waals surface area (Å²) in [6.45, 7) is 4.66. The fourth-order valence-corrected chi connectivity index (χ4v) is 5.72. The van der Waals surface area contributed by atoms with E-state index in [0.29, 0.717) is 28.1 Å². The van der Waals surface area contributed by atoms with E-state index in [1.807, 2.05) is 0 Å². The van der Waals surface area contributed by atoms with Crippen molar-refractivity contribution < 1.29 is 18.4 Å². The van der Waals surface area contributed by atoms with Crippen LogP contribution in [0.2, 0.25) is 5.02 Å². The van der Waals surface area contributed by atoms with Gasteiger partial charge in [-0.05, 0) is 98.0 Å². The Morgan fingerprint density at radius 1 is 0.854 bits per heavy atom. The van der Waals surface area contributed by atoms with Crippen LogP contribution in [0.4, 0.5) is 25.8 Å². The molecule has 2 aliphatic rings. The predicted octanol–water partition coefficient (Wildman–Crippen LogP) is 5.16. The Labute approximate surface area is 248 Å². The van der Waals surface area contributed by atoms with Crippen molar-refractivity contribution in [1.29, 1.82) is 0 Å². The highest BCUT2D eigenvalue weighted by Crippen LogP contribution is 2.28. The molecule has 2 fully saturated rings. The molecule has 214 valence electrons. The third kappa shape index (κ3) is 7.01. The molecule has 1 atom stereocenters. The number of anilines is 3. The number of nitrogens with one attached hydrogen (secondary N) is 1. The minimum Gasteiger partial charge on any atom is -0.369 e. The van der Waals surface area contributed by atoms with Gasteiger partial charge < -0.3 is 15.1 Å². The lowest BCUT2D eigenvalue weighted by molar-refractivity contribution is -0.124. The highest BCUT2D eigenvalue weighted by Gasteiger charge is 2.44. The fraction of sp³-hybridized carbons (Fsp3) is 0.300. The highest BCUT2D eigenvalue weighted by atomic mass is 35.5. The molecule has 0 aromatic heterocycles. The maximum atomic E-state index is 13.6. The molecule has 5 rings (SSSR count). The second kappa shape index (κ2) is 12.9. The lowest BCUT2D eigenvalue weighted by Gasteiger charge is -2.36. The quantitative estimate of drug-likeness (QED) is 0.344. The predicted molar refractivity (Wildman–Crippen MR) is 161 cm³/mol. The van der Waals surface area contributed by atoms with Gasteiger partial charge in [-0.15, -0.1) is 0 Å². The molecule has 2 heterocycles. The van der Waals surface area contributed by atoms with E-state index in [4.69, 9.17) is 23.8 Å². The maximum Gasteiger partial charge on any atom is 0.256 e. The van der Waals surface area contributed by atoms with Crippen LogP contribution in [0.1, 0.15) is 12.8 Å². The first-order valence-electron chi connectivity index (χ1n) is 13.5. The van der Waals surface area contributed by atoms with Crippen molar-refractivity contribution in [3.8, 4) is 0 Å². The van der Waals surface area contributed by atoms with Crippen LogP contribution in [-0.2, 0) is 9.59 Å². The molecule has 1 N–H and O–H groups in total. The molecule has 0 unspecified atom stereocenters. The third-order valence-corrected chi connectivity index (χ3v) is 8.02. The van der Waals surface area contributed by atoms with E-state index >= 15 is 0 Å². The number of halogens is 3. The number of carbonyl (C=O) groups excluding carboxylic acids is 2. The van der Waals surface area contributed by atoms with Crippen molar-refractivity contribution in [1.82, 2.24) is 9.80 Å². The van der Waals surface area contributed by atoms with E-state index in [2.05, 4.69) is 15.1 Å². The van der Waals surface area contributed by atoms with Crippen LogP contribution in [0.3, 0.4) is 0 Å². The summed E-state index contributed by atoms with van der Waals surface area (Å²) in [4.78, 5) is 34.3. The van der Waals surface area contributed by atoms with E-state index in [1.54, 1.807) is 41.3 Å². The van der Waals surface area contributed by atoms with E-state index in [9.17, 15) is 18.4 Å². The number of rotatable bonds is 9. The number of nitrogens with zero attached hydrogens (tertiary/aromatic N) is 4. The van der Waals surface area contributed by atoms with Crippen molar-refractivity contribution in [2.75, 3.05) is 54.4 Å². The third-order valence-electron chi connectivity index (χ3n) is 7.35. The monoisotopic (exact) mass is 597 g/mol. The lowest BCUT2D eigenvalue weighted by atomic mass is 10.1. The van der Waals surface area contributed by atoms with Crippen LogP contribution in [0.5, 0.6) is 0 Å². The van der Waals surface area contributed by atoms with Gasteiger partial charge in [0.2, 0.25) is 5.91 Å². The van der Waals surface area contributed by atoms with Crippen molar-refractivity contribution in [2.24, 2.45) is 0 Å². The summed E-state index contributed by atoms with van der Waals surface area (Å²) >= 11 is 11.7. The second-order valence-corrected chi connectivity index (χ2v) is 10.9. The van der Waals surface area contributed by atoms with Gasteiger partial charge in [-0.1, -0.05) is 11.6 Å². The summed E-state index contributed by atoms with van der Waals surface area (Å²) in [6.07, 6.45) is 0.645. The van der Waals surface area contributed by atoms with Crippen molar-refractivity contribution in [3.63, 3.8) is 0 Å². The smallest absolute Gasteiger partial charge is 0.256 e. The molecule has 0 aliphatic carbocycles. The first-order chi connectivity index (χ1) is 19.8. The Balaban J connectivity index is 1.22. The Morgan fingerprint density at radius 2 is 1.44 bits per heavy atom. The van der Waals surface area contributed by atoms with Gasteiger partial charge in [0, 0.05) is 49.1 Å². The van der Waals surface area contributed by atoms with Gasteiger partial charge in [0.25, 0.3) is 5.91 Å². The molecule has 2 saturated heterocycles. The van der Waals surface area contributed by atoms with E-state index in [-0.39, 0.29) is 24.1 Å². The summed E-state index contributed by atoms with van der Waals surface area (Å²) in [5.74, 6) is -1.30. The van der Waals surface area contributed by atoms with E-state index < -0.39 is 11.9 Å². The number of hydrogen-bond donors (Lipinski definition) is 1. The Hall–Kier alpha value is -3.60. The largest absolute Gasteiger partial charge is 0.369 e. The summed E-state index contributed by atoms with van der Waals surface area (Å²) in [5.41, 5.74) is 2.05. The summed E-state index contributed by atoms with van der Waals surface area (Å²) < 4.78 is 26.8. The number of piperazine rings is 1. The van der Waals surface area contributed by atoms with Crippen LogP contribution in [-0.4, -0.2) is 72.0 Å². The zero-order chi connectivity index (χ0) is 28.9. The highest BCUT2D eigenvalue weighted by molar-refractivity contribution is 7.80. The molecule has 0 saturated carbocycles. The molecule has 2 amide bonds. The van der Waals surface area contributed by atoms with E-state index in [0.717, 1.165) is 44.8 Å². The Bertz CT molecular complexity index is 1380. The average Bonchev–Trinajstić information content (AvgIpc) is 3.19. The van der Waals surface area contributed by atoms with Gasteiger partial charge in [-0.2, -0.15) is 0 Å². The van der Waals surface area contributed by atoms with Crippen LogP contribution >= 0.6 is 23.8 Å². The van der Waals surface area contributed by atoms with Crippen LogP contribution in [0.15, 0.2) is 72.8 Å². The molecule has 41 heavy (non-hydrogen) atoms. The summed E-state index contributed by atoms with van der Waals surface area (Å²) in [5, 5.41) is 3.67. The molecular weight excluding hydrogens is 568 g/mol. The van der Waals surface area contributed by atoms with Crippen molar-refractivity contribution >= 4 is 57.8 Å². The van der Waals surface area contributed by atoms with E-state index in [1.165, 1.54) is 41.3 Å². The van der Waals surface area contributed by atoms with Gasteiger partial charge in [0.1, 0.15) is 17.7 Å². The van der Waals surface area contributed by atoms with Crippen LogP contribution in [0, 0.1) is 11.6 Å². The van der Waals surface area contributed by atoms with Gasteiger partial charge in [-0.25, -0.2) is 8.78 Å². The van der Waals surface area contributed by atoms with Gasteiger partial charge >= 0.3 is 0 Å². The number of hydrogen-bond acceptors (Lipinski definition) is 5. The van der Waals surface area contributed by atoms with Gasteiger partial charge in [0.05, 0.1) is 12.1 Å². The Morgan fingerprint density at radius 3 is 2.05 bits per heavy atom. The number of carbonyl (C=O) groups is 2. The Kier molecular flexibility index (Phi) is 9.12. The fourth-order valence-electron chi connectivity index (χ4n) is 5.18. The molecule has 0 radical (unpaired) electrons. The van der Waals surface area contributed by atoms with Crippen molar-refractivity contribution in [2.45, 2.75) is 18.9 Å². The molecule has 0 spiro atoms. The zero-order valence-electron chi connectivity index (χ0n) is 22.3. The van der Waals surface area contributed by atoms with Gasteiger partial charge in [0.15, 0.2) is 5.11 Å². The molecule has 3 aromatic rings. The molecular formula is C30H30ClF2N5O2S. The molecule has 7 nitrogen and oxygen atoms in total. The van der Waals surface area contributed by atoms with Gasteiger partial charge in [-0.3, -0.25) is 19.4 Å². The molecule has 3 aromatic carbocycles. The topological polar surface area (TPSA) is 59.1 Å². The van der Waals surface area contributed by atoms with Crippen LogP contribution in [0.25, 0.3) is 0 Å². The first kappa shape index (κ1) is 28.9. The summed E-state index contributed by atoms with van der Waals surface area (Å²) in [7, 11) is 0. The lowest BCUT2D eigenvalue weighted by Crippen LogP contribution is -2.47. The van der Waals surface area contributed by atoms with Crippen molar-refractivity contribution in [3.05, 3.63) is 89.5 Å². The number of amides is 2. The minimum atomic E-state index is -0.782. The number of thiocarbonyl (C=S) groups is 1. The standard InChI is InChI=1S/C30H30ClF2N5O2S/c31-21-2-8-24(9-3-21)34-28(39)20-27-29(40)38(26-12-6-23(33)7-13-26)30(41)37(27)15-1-14-35-16-18-36(19-17-35)25-10-4-22(32)5-11-25/h2-13,27H,1,14-20H2,(H,34,39)/t27-/m1/s1. The summed E-state index contributed by atoms with van der Waals surface area (Å²) in [6, 6.07) is 18.1. The maximum absolute atomic E-state index is 13.6. The molecule has 11 heteroatoms. The SMILES string of the molecule is O=C(C[C@@H]1C(=O)N(c2ccc(F)cc2)C(=S)N1CCCN1CCN(c2ccc(F)cc2)CC1)Nc1ccc(Cl)cc1. The zero-order valence-corrected chi connectivity index (χ0v) is 23.9. The average molecular weight is 598 g/mol. The first-order valence-corrected chi connectivity index (χ1v) is 14.3.